The van der Waals surface area contributed by atoms with E-state index in [9.17, 15) is 9.59 Å². The van der Waals surface area contributed by atoms with Crippen LogP contribution in [-0.4, -0.2) is 28.7 Å². The van der Waals surface area contributed by atoms with Crippen molar-refractivity contribution in [3.8, 4) is 0 Å². The Morgan fingerprint density at radius 2 is 1.71 bits per heavy atom. The molecular weight excluding hydrogens is 356 g/mol. The highest BCUT2D eigenvalue weighted by Gasteiger charge is 2.10. The summed E-state index contributed by atoms with van der Waals surface area (Å²) in [5, 5.41) is 13.9. The van der Waals surface area contributed by atoms with Crippen molar-refractivity contribution in [2.45, 2.75) is 13.8 Å². The van der Waals surface area contributed by atoms with Crippen molar-refractivity contribution in [3.05, 3.63) is 77.5 Å². The fourth-order valence-electron chi connectivity index (χ4n) is 2.47. The van der Waals surface area contributed by atoms with Crippen molar-refractivity contribution in [2.75, 3.05) is 17.2 Å². The van der Waals surface area contributed by atoms with Gasteiger partial charge in [-0.1, -0.05) is 18.2 Å². The molecule has 0 aliphatic heterocycles. The van der Waals surface area contributed by atoms with Gasteiger partial charge in [0, 0.05) is 11.4 Å². The van der Waals surface area contributed by atoms with Crippen LogP contribution in [0.25, 0.3) is 0 Å². The number of aryl methyl sites for hydroxylation is 1. The molecular formula is C21H20N4O3. The number of aromatic nitrogens is 2. The lowest BCUT2D eigenvalue weighted by Gasteiger charge is -2.08. The predicted molar refractivity (Wildman–Crippen MR) is 107 cm³/mol. The molecule has 1 heterocycles. The third kappa shape index (κ3) is 4.70. The first kappa shape index (κ1) is 19.0. The Balaban J connectivity index is 1.63. The topological polar surface area (TPSA) is 93.2 Å². The minimum absolute atomic E-state index is 0.214. The second kappa shape index (κ2) is 8.77. The van der Waals surface area contributed by atoms with Gasteiger partial charge in [-0.25, -0.2) is 4.79 Å². The van der Waals surface area contributed by atoms with E-state index in [-0.39, 0.29) is 17.6 Å². The van der Waals surface area contributed by atoms with Gasteiger partial charge in [0.1, 0.15) is 0 Å². The summed E-state index contributed by atoms with van der Waals surface area (Å²) in [4.78, 5) is 24.0. The van der Waals surface area contributed by atoms with Crippen LogP contribution in [0.3, 0.4) is 0 Å². The first-order chi connectivity index (χ1) is 13.6. The van der Waals surface area contributed by atoms with Gasteiger partial charge in [-0.15, -0.1) is 10.2 Å². The molecule has 2 aromatic carbocycles. The molecule has 0 bridgehead atoms. The zero-order valence-electron chi connectivity index (χ0n) is 15.6. The van der Waals surface area contributed by atoms with E-state index in [4.69, 9.17) is 4.74 Å². The molecule has 0 atom stereocenters. The summed E-state index contributed by atoms with van der Waals surface area (Å²) in [5.74, 6) is -0.207. The molecule has 0 unspecified atom stereocenters. The van der Waals surface area contributed by atoms with E-state index >= 15 is 0 Å². The van der Waals surface area contributed by atoms with Gasteiger partial charge in [0.05, 0.1) is 12.2 Å². The number of hydrogen-bond acceptors (Lipinski definition) is 6. The number of nitrogens with one attached hydrogen (secondary N) is 2. The van der Waals surface area contributed by atoms with Gasteiger partial charge in [0.15, 0.2) is 11.5 Å². The van der Waals surface area contributed by atoms with Gasteiger partial charge < -0.3 is 15.4 Å². The number of carbonyl (C=O) groups is 2. The average Bonchev–Trinajstić information content (AvgIpc) is 2.71. The molecule has 28 heavy (non-hydrogen) atoms. The summed E-state index contributed by atoms with van der Waals surface area (Å²) < 4.78 is 4.95. The summed E-state index contributed by atoms with van der Waals surface area (Å²) >= 11 is 0. The molecule has 0 aliphatic carbocycles. The molecule has 3 aromatic rings. The number of nitrogens with zero attached hydrogens (tertiary/aromatic N) is 2. The lowest BCUT2D eigenvalue weighted by atomic mass is 10.2. The number of anilines is 3. The Morgan fingerprint density at radius 1 is 0.964 bits per heavy atom. The number of hydrogen-bond donors (Lipinski definition) is 2. The summed E-state index contributed by atoms with van der Waals surface area (Å²) in [6.07, 6.45) is 0. The molecule has 7 heteroatoms. The van der Waals surface area contributed by atoms with Crippen LogP contribution >= 0.6 is 0 Å². The Kier molecular flexibility index (Phi) is 5.96. The van der Waals surface area contributed by atoms with Crippen LogP contribution in [0.2, 0.25) is 0 Å². The molecule has 1 aromatic heterocycles. The van der Waals surface area contributed by atoms with E-state index in [1.54, 1.807) is 43.3 Å². The zero-order chi connectivity index (χ0) is 19.9. The number of esters is 1. The van der Waals surface area contributed by atoms with Crippen LogP contribution in [0.15, 0.2) is 60.7 Å². The van der Waals surface area contributed by atoms with Crippen LogP contribution in [0.5, 0.6) is 0 Å². The minimum Gasteiger partial charge on any atom is -0.462 e. The van der Waals surface area contributed by atoms with Crippen molar-refractivity contribution in [1.82, 2.24) is 10.2 Å². The van der Waals surface area contributed by atoms with E-state index in [0.29, 0.717) is 18.0 Å². The van der Waals surface area contributed by atoms with Crippen molar-refractivity contribution in [3.63, 3.8) is 0 Å². The summed E-state index contributed by atoms with van der Waals surface area (Å²) in [6.45, 7) is 4.01. The third-order valence-electron chi connectivity index (χ3n) is 3.96. The molecule has 0 fully saturated rings. The zero-order valence-corrected chi connectivity index (χ0v) is 15.6. The van der Waals surface area contributed by atoms with Crippen LogP contribution in [0.4, 0.5) is 17.2 Å². The molecule has 3 rings (SSSR count). The monoisotopic (exact) mass is 376 g/mol. The van der Waals surface area contributed by atoms with E-state index in [0.717, 1.165) is 16.9 Å². The molecule has 142 valence electrons. The first-order valence-electron chi connectivity index (χ1n) is 8.81. The second-order valence-corrected chi connectivity index (χ2v) is 6.00. The van der Waals surface area contributed by atoms with Crippen molar-refractivity contribution < 1.29 is 14.3 Å². The number of carbonyl (C=O) groups excluding carboxylic acids is 2. The van der Waals surface area contributed by atoms with Gasteiger partial charge in [0.2, 0.25) is 0 Å². The smallest absolute Gasteiger partial charge is 0.338 e. The Labute approximate surface area is 162 Å². The highest BCUT2D eigenvalue weighted by molar-refractivity contribution is 6.03. The third-order valence-corrected chi connectivity index (χ3v) is 3.96. The Bertz CT molecular complexity index is 970. The second-order valence-electron chi connectivity index (χ2n) is 6.00. The summed E-state index contributed by atoms with van der Waals surface area (Å²) in [6, 6.07) is 17.6. The highest BCUT2D eigenvalue weighted by atomic mass is 16.5. The predicted octanol–water partition coefficient (Wildman–Crippen LogP) is 3.96. The largest absolute Gasteiger partial charge is 0.462 e. The maximum Gasteiger partial charge on any atom is 0.338 e. The van der Waals surface area contributed by atoms with Crippen LogP contribution in [-0.2, 0) is 4.74 Å². The van der Waals surface area contributed by atoms with Crippen molar-refractivity contribution in [1.29, 1.82) is 0 Å². The molecule has 7 nitrogen and oxygen atoms in total. The first-order valence-corrected chi connectivity index (χ1v) is 8.81. The minimum atomic E-state index is -0.363. The van der Waals surface area contributed by atoms with Gasteiger partial charge in [0.25, 0.3) is 5.91 Å². The number of benzene rings is 2. The maximum atomic E-state index is 12.3. The van der Waals surface area contributed by atoms with Gasteiger partial charge >= 0.3 is 5.97 Å². The van der Waals surface area contributed by atoms with Gasteiger partial charge in [-0.05, 0) is 61.9 Å². The standard InChI is InChI=1S/C21H20N4O3/c1-3-28-21(27)15-8-10-16(11-9-15)22-19-13-12-18(24-25-19)20(26)23-17-7-5-4-6-14(17)2/h4-13H,3H2,1-2H3,(H,22,25)(H,23,26). The number of para-hydroxylation sites is 1. The lowest BCUT2D eigenvalue weighted by Crippen LogP contribution is -2.15. The SMILES string of the molecule is CCOC(=O)c1ccc(Nc2ccc(C(=O)Nc3ccccc3C)nn2)cc1. The molecule has 0 spiro atoms. The van der Waals surface area contributed by atoms with Gasteiger partial charge in [-0.3, -0.25) is 4.79 Å². The maximum absolute atomic E-state index is 12.3. The van der Waals surface area contributed by atoms with E-state index in [1.165, 1.54) is 0 Å². The molecule has 1 amide bonds. The Morgan fingerprint density at radius 3 is 2.36 bits per heavy atom. The molecule has 0 radical (unpaired) electrons. The fraction of sp³-hybridized carbons (Fsp3) is 0.143. The van der Waals surface area contributed by atoms with Gasteiger partial charge in [-0.2, -0.15) is 0 Å². The quantitative estimate of drug-likeness (QED) is 0.633. The van der Waals surface area contributed by atoms with E-state index < -0.39 is 0 Å². The molecule has 0 saturated heterocycles. The Hall–Kier alpha value is -3.74. The van der Waals surface area contributed by atoms with E-state index in [2.05, 4.69) is 20.8 Å². The van der Waals surface area contributed by atoms with E-state index in [1.807, 2.05) is 31.2 Å². The van der Waals surface area contributed by atoms with Crippen molar-refractivity contribution >= 4 is 29.1 Å². The average molecular weight is 376 g/mol. The van der Waals surface area contributed by atoms with Crippen LogP contribution in [0, 0.1) is 6.92 Å². The summed E-state index contributed by atoms with van der Waals surface area (Å²) in [5.41, 5.74) is 3.12. The lowest BCUT2D eigenvalue weighted by molar-refractivity contribution is 0.0526. The molecule has 2 N–H and O–H groups in total. The van der Waals surface area contributed by atoms with Crippen LogP contribution < -0.4 is 10.6 Å². The molecule has 0 saturated carbocycles. The van der Waals surface area contributed by atoms with Crippen LogP contribution in [0.1, 0.15) is 33.3 Å². The highest BCUT2D eigenvalue weighted by Crippen LogP contribution is 2.17. The number of rotatable bonds is 6. The van der Waals surface area contributed by atoms with Crippen molar-refractivity contribution in [2.24, 2.45) is 0 Å². The number of amides is 1. The normalized spacial score (nSPS) is 10.2. The fourth-order valence-corrected chi connectivity index (χ4v) is 2.47. The molecule has 0 aliphatic rings. The number of ether oxygens (including phenoxy) is 1. The summed E-state index contributed by atoms with van der Waals surface area (Å²) in [7, 11) is 0.